The van der Waals surface area contributed by atoms with Crippen LogP contribution < -0.4 is 5.32 Å². The van der Waals surface area contributed by atoms with Crippen molar-refractivity contribution in [1.82, 2.24) is 0 Å². The maximum Gasteiger partial charge on any atom is 0.339 e. The van der Waals surface area contributed by atoms with Gasteiger partial charge in [-0.2, -0.15) is 0 Å². The van der Waals surface area contributed by atoms with Crippen molar-refractivity contribution in [3.8, 4) is 0 Å². The van der Waals surface area contributed by atoms with Gasteiger partial charge in [-0.05, 0) is 91.5 Å². The molecule has 1 aromatic rings. The Bertz CT molecular complexity index is 854. The number of hydrogen-bond donors (Lipinski definition) is 2. The maximum absolute atomic E-state index is 12.7. The van der Waals surface area contributed by atoms with Gasteiger partial charge in [0.2, 0.25) is 0 Å². The van der Waals surface area contributed by atoms with Crippen LogP contribution in [0.15, 0.2) is 18.2 Å². The van der Waals surface area contributed by atoms with Crippen molar-refractivity contribution in [2.75, 3.05) is 25.1 Å². The van der Waals surface area contributed by atoms with Crippen LogP contribution in [0, 0.1) is 13.8 Å². The highest BCUT2D eigenvalue weighted by atomic mass is 16.6. The molecule has 2 atom stereocenters. The SMILES string of the molecule is Cc1ccc(NCCCCO[C@@H](C(=O)O)[C@@H](OCC(=O)OC(C)(C)C)C(=O)OC(C)(C)C)cc1C. The number of hydrogen-bond acceptors (Lipinski definition) is 8. The van der Waals surface area contributed by atoms with Crippen LogP contribution in [-0.4, -0.2) is 66.2 Å². The van der Waals surface area contributed by atoms with Crippen LogP contribution in [-0.2, 0) is 33.3 Å². The summed E-state index contributed by atoms with van der Waals surface area (Å²) in [5.74, 6) is -3.05. The van der Waals surface area contributed by atoms with E-state index in [-0.39, 0.29) is 6.61 Å². The molecule has 9 nitrogen and oxygen atoms in total. The Balaban J connectivity index is 2.70. The van der Waals surface area contributed by atoms with Crippen LogP contribution in [0.2, 0.25) is 0 Å². The number of nitrogens with one attached hydrogen (secondary N) is 1. The van der Waals surface area contributed by atoms with E-state index in [0.29, 0.717) is 13.0 Å². The Hall–Kier alpha value is -2.65. The zero-order valence-electron chi connectivity index (χ0n) is 22.2. The van der Waals surface area contributed by atoms with Gasteiger partial charge < -0.3 is 29.4 Å². The average molecular weight is 496 g/mol. The van der Waals surface area contributed by atoms with Crippen molar-refractivity contribution in [2.45, 2.75) is 91.6 Å². The Morgan fingerprint density at radius 2 is 1.51 bits per heavy atom. The third-order valence-corrected chi connectivity index (χ3v) is 4.66. The molecule has 0 saturated carbocycles. The third-order valence-electron chi connectivity index (χ3n) is 4.66. The van der Waals surface area contributed by atoms with Gasteiger partial charge in [-0.25, -0.2) is 14.4 Å². The monoisotopic (exact) mass is 495 g/mol. The highest BCUT2D eigenvalue weighted by Gasteiger charge is 2.39. The van der Waals surface area contributed by atoms with Crippen LogP contribution >= 0.6 is 0 Å². The molecule has 0 bridgehead atoms. The van der Waals surface area contributed by atoms with Gasteiger partial charge >= 0.3 is 17.9 Å². The number of aliphatic carboxylic acids is 1. The predicted molar refractivity (Wildman–Crippen MR) is 132 cm³/mol. The fourth-order valence-corrected chi connectivity index (χ4v) is 2.98. The molecule has 0 aromatic heterocycles. The molecule has 198 valence electrons. The van der Waals surface area contributed by atoms with E-state index in [1.807, 2.05) is 19.1 Å². The summed E-state index contributed by atoms with van der Waals surface area (Å²) in [6.45, 7) is 14.3. The summed E-state index contributed by atoms with van der Waals surface area (Å²) in [7, 11) is 0. The van der Waals surface area contributed by atoms with E-state index in [4.69, 9.17) is 18.9 Å². The predicted octanol–water partition coefficient (Wildman–Crippen LogP) is 4.03. The van der Waals surface area contributed by atoms with E-state index >= 15 is 0 Å². The molecule has 0 aliphatic heterocycles. The quantitative estimate of drug-likeness (QED) is 0.308. The van der Waals surface area contributed by atoms with Gasteiger partial charge in [-0.1, -0.05) is 6.07 Å². The lowest BCUT2D eigenvalue weighted by Gasteiger charge is -2.27. The minimum Gasteiger partial charge on any atom is -0.479 e. The highest BCUT2D eigenvalue weighted by molar-refractivity contribution is 5.85. The summed E-state index contributed by atoms with van der Waals surface area (Å²) in [6, 6.07) is 6.12. The number of benzene rings is 1. The number of unbranched alkanes of at least 4 members (excludes halogenated alkanes) is 1. The molecule has 0 spiro atoms. The average Bonchev–Trinajstić information content (AvgIpc) is 2.68. The summed E-state index contributed by atoms with van der Waals surface area (Å²) in [6.07, 6.45) is -2.00. The lowest BCUT2D eigenvalue weighted by molar-refractivity contribution is -0.192. The fraction of sp³-hybridized carbons (Fsp3) is 0.654. The molecule has 1 aromatic carbocycles. The largest absolute Gasteiger partial charge is 0.479 e. The topological polar surface area (TPSA) is 120 Å². The van der Waals surface area contributed by atoms with Crippen molar-refractivity contribution < 1.29 is 38.4 Å². The fourth-order valence-electron chi connectivity index (χ4n) is 2.98. The van der Waals surface area contributed by atoms with Crippen LogP contribution in [0.25, 0.3) is 0 Å². The summed E-state index contributed by atoms with van der Waals surface area (Å²) in [4.78, 5) is 36.7. The zero-order valence-corrected chi connectivity index (χ0v) is 22.2. The number of carboxylic acid groups (broad SMARTS) is 1. The van der Waals surface area contributed by atoms with Crippen LogP contribution in [0.3, 0.4) is 0 Å². The maximum atomic E-state index is 12.7. The molecule has 9 heteroatoms. The molecule has 0 aliphatic rings. The first-order valence-corrected chi connectivity index (χ1v) is 11.8. The van der Waals surface area contributed by atoms with Crippen molar-refractivity contribution in [3.05, 3.63) is 29.3 Å². The molecule has 0 saturated heterocycles. The van der Waals surface area contributed by atoms with Gasteiger partial charge in [0.05, 0.1) is 0 Å². The van der Waals surface area contributed by atoms with Gasteiger partial charge in [-0.3, -0.25) is 0 Å². The van der Waals surface area contributed by atoms with Gasteiger partial charge in [-0.15, -0.1) is 0 Å². The van der Waals surface area contributed by atoms with Crippen molar-refractivity contribution in [3.63, 3.8) is 0 Å². The first kappa shape index (κ1) is 30.4. The van der Waals surface area contributed by atoms with E-state index in [0.717, 1.165) is 12.1 Å². The molecule has 35 heavy (non-hydrogen) atoms. The van der Waals surface area contributed by atoms with Crippen molar-refractivity contribution in [1.29, 1.82) is 0 Å². The second kappa shape index (κ2) is 13.4. The molecular weight excluding hydrogens is 454 g/mol. The summed E-state index contributed by atoms with van der Waals surface area (Å²) < 4.78 is 21.4. The number of carbonyl (C=O) groups is 3. The van der Waals surface area contributed by atoms with Gasteiger partial charge in [0.15, 0.2) is 12.2 Å². The molecule has 0 unspecified atom stereocenters. The van der Waals surface area contributed by atoms with Crippen LogP contribution in [0.1, 0.15) is 65.5 Å². The summed E-state index contributed by atoms with van der Waals surface area (Å²) in [5, 5.41) is 13.0. The molecule has 1 rings (SSSR count). The van der Waals surface area contributed by atoms with Gasteiger partial charge in [0, 0.05) is 18.8 Å². The number of rotatable bonds is 13. The second-order valence-corrected chi connectivity index (χ2v) is 10.4. The zero-order chi connectivity index (χ0) is 26.8. The minimum atomic E-state index is -1.64. The molecule has 0 amide bonds. The van der Waals surface area contributed by atoms with Gasteiger partial charge in [0.25, 0.3) is 0 Å². The number of aryl methyl sites for hydroxylation is 2. The van der Waals surface area contributed by atoms with E-state index < -0.39 is 47.9 Å². The molecular formula is C26H41NO8. The smallest absolute Gasteiger partial charge is 0.339 e. The van der Waals surface area contributed by atoms with E-state index in [9.17, 15) is 19.5 Å². The summed E-state index contributed by atoms with van der Waals surface area (Å²) in [5.41, 5.74) is 1.79. The van der Waals surface area contributed by atoms with Crippen LogP contribution in [0.4, 0.5) is 5.69 Å². The molecule has 2 N–H and O–H groups in total. The van der Waals surface area contributed by atoms with E-state index in [2.05, 4.69) is 18.3 Å². The standard InChI is InChI=1S/C26H41NO8/c1-17-11-12-19(15-18(17)2)27-13-9-10-14-32-21(23(29)30)22(24(31)35-26(6,7)8)33-16-20(28)34-25(3,4)5/h11-12,15,21-22,27H,9-10,13-14,16H2,1-8H3,(H,29,30)/t21-,22-/m1/s1. The van der Waals surface area contributed by atoms with Gasteiger partial charge in [0.1, 0.15) is 17.8 Å². The Morgan fingerprint density at radius 3 is 2.06 bits per heavy atom. The molecule has 0 heterocycles. The number of ether oxygens (including phenoxy) is 4. The second-order valence-electron chi connectivity index (χ2n) is 10.4. The lowest BCUT2D eigenvalue weighted by atomic mass is 10.1. The first-order chi connectivity index (χ1) is 16.1. The Kier molecular flexibility index (Phi) is 11.7. The first-order valence-electron chi connectivity index (χ1n) is 11.8. The Labute approximate surface area is 208 Å². The number of carbonyl (C=O) groups excluding carboxylic acids is 2. The highest BCUT2D eigenvalue weighted by Crippen LogP contribution is 2.17. The van der Waals surface area contributed by atoms with E-state index in [1.54, 1.807) is 41.5 Å². The number of anilines is 1. The number of carboxylic acids is 1. The molecule has 0 aliphatic carbocycles. The van der Waals surface area contributed by atoms with Crippen molar-refractivity contribution >= 4 is 23.6 Å². The number of esters is 2. The lowest BCUT2D eigenvalue weighted by Crippen LogP contribution is -2.47. The van der Waals surface area contributed by atoms with Crippen LogP contribution in [0.5, 0.6) is 0 Å². The molecule has 0 radical (unpaired) electrons. The normalized spacial score (nSPS) is 13.6. The third kappa shape index (κ3) is 12.6. The van der Waals surface area contributed by atoms with Crippen molar-refractivity contribution in [2.24, 2.45) is 0 Å². The Morgan fingerprint density at radius 1 is 0.886 bits per heavy atom. The summed E-state index contributed by atoms with van der Waals surface area (Å²) >= 11 is 0. The molecule has 0 fully saturated rings. The van der Waals surface area contributed by atoms with E-state index in [1.165, 1.54) is 11.1 Å². The minimum absolute atomic E-state index is 0.0840.